The van der Waals surface area contributed by atoms with Gasteiger partial charge in [0.2, 0.25) is 5.91 Å². The minimum atomic E-state index is -1.05. The van der Waals surface area contributed by atoms with E-state index < -0.39 is 41.8 Å². The number of carbonyl (C=O) groups excluding carboxylic acids is 2. The Balaban J connectivity index is 1.51. The number of rotatable bonds is 5. The van der Waals surface area contributed by atoms with Crippen LogP contribution in [0.1, 0.15) is 30.1 Å². The van der Waals surface area contributed by atoms with Gasteiger partial charge in [-0.2, -0.15) is 0 Å². The van der Waals surface area contributed by atoms with Crippen molar-refractivity contribution in [1.82, 2.24) is 15.2 Å². The Morgan fingerprint density at radius 1 is 1.36 bits per heavy atom. The summed E-state index contributed by atoms with van der Waals surface area (Å²) < 4.78 is 27.1. The number of aliphatic hydroxyl groups excluding tert-OH is 1. The Kier molecular flexibility index (Phi) is 4.46. The summed E-state index contributed by atoms with van der Waals surface area (Å²) in [6.45, 7) is -0.850. The standard InChI is InChI=1S/C19H18F2N4O3/c20-11-3-4-12(13(21)8-11)15(10-26)23-16(27)9-25-18(28)24-14-2-1-7-22-17(14)19(25)5-6-19/h1-4,7-8,15,26H,5-6,9-10H2,(H,23,27)(H,24,28)/t15-/m0/s1. The molecular weight excluding hydrogens is 370 g/mol. The van der Waals surface area contributed by atoms with Crippen molar-refractivity contribution in [3.8, 4) is 0 Å². The van der Waals surface area contributed by atoms with E-state index in [4.69, 9.17) is 0 Å². The second kappa shape index (κ2) is 6.83. The molecule has 146 valence electrons. The second-order valence-electron chi connectivity index (χ2n) is 6.92. The molecule has 1 spiro atoms. The van der Waals surface area contributed by atoms with Crippen molar-refractivity contribution in [2.75, 3.05) is 18.5 Å². The molecule has 3 N–H and O–H groups in total. The molecule has 1 aromatic carbocycles. The smallest absolute Gasteiger partial charge is 0.323 e. The molecule has 1 aliphatic heterocycles. The summed E-state index contributed by atoms with van der Waals surface area (Å²) in [5.41, 5.74) is 0.689. The number of halogens is 2. The number of urea groups is 1. The van der Waals surface area contributed by atoms with E-state index in [1.807, 2.05) is 0 Å². The van der Waals surface area contributed by atoms with E-state index in [1.54, 1.807) is 18.3 Å². The van der Waals surface area contributed by atoms with E-state index in [0.717, 1.165) is 6.07 Å². The molecule has 2 aromatic rings. The van der Waals surface area contributed by atoms with Gasteiger partial charge in [0.15, 0.2) is 0 Å². The van der Waals surface area contributed by atoms with Crippen LogP contribution in [-0.2, 0) is 10.3 Å². The van der Waals surface area contributed by atoms with Crippen LogP contribution in [0.3, 0.4) is 0 Å². The molecular formula is C19H18F2N4O3. The van der Waals surface area contributed by atoms with Crippen LogP contribution in [0, 0.1) is 11.6 Å². The van der Waals surface area contributed by atoms with Gasteiger partial charge in [0.1, 0.15) is 18.2 Å². The molecule has 1 aromatic heterocycles. The molecule has 1 saturated carbocycles. The first-order valence-electron chi connectivity index (χ1n) is 8.84. The van der Waals surface area contributed by atoms with Crippen LogP contribution in [0.25, 0.3) is 0 Å². The number of aromatic nitrogens is 1. The maximum absolute atomic E-state index is 14.0. The van der Waals surface area contributed by atoms with Crippen LogP contribution in [0.2, 0.25) is 0 Å². The van der Waals surface area contributed by atoms with E-state index in [0.29, 0.717) is 30.3 Å². The fourth-order valence-electron chi connectivity index (χ4n) is 3.62. The second-order valence-corrected chi connectivity index (χ2v) is 6.92. The van der Waals surface area contributed by atoms with E-state index >= 15 is 0 Å². The number of benzene rings is 1. The number of nitrogens with one attached hydrogen (secondary N) is 2. The number of carbonyl (C=O) groups is 2. The summed E-state index contributed by atoms with van der Waals surface area (Å²) in [5.74, 6) is -2.19. The molecule has 7 nitrogen and oxygen atoms in total. The van der Waals surface area contributed by atoms with Crippen molar-refractivity contribution >= 4 is 17.6 Å². The van der Waals surface area contributed by atoms with Gasteiger partial charge in [-0.25, -0.2) is 13.6 Å². The summed E-state index contributed by atoms with van der Waals surface area (Å²) >= 11 is 0. The number of pyridine rings is 1. The van der Waals surface area contributed by atoms with Crippen molar-refractivity contribution in [2.45, 2.75) is 24.4 Å². The lowest BCUT2D eigenvalue weighted by atomic mass is 10.0. The topological polar surface area (TPSA) is 94.6 Å². The molecule has 0 bridgehead atoms. The highest BCUT2D eigenvalue weighted by atomic mass is 19.1. The van der Waals surface area contributed by atoms with Crippen molar-refractivity contribution in [3.05, 3.63) is 59.4 Å². The first kappa shape index (κ1) is 18.3. The van der Waals surface area contributed by atoms with Gasteiger partial charge in [0.25, 0.3) is 0 Å². The summed E-state index contributed by atoms with van der Waals surface area (Å²) in [4.78, 5) is 30.8. The zero-order valence-corrected chi connectivity index (χ0v) is 14.8. The van der Waals surface area contributed by atoms with Gasteiger partial charge in [0.05, 0.1) is 29.6 Å². The lowest BCUT2D eigenvalue weighted by molar-refractivity contribution is -0.123. The molecule has 1 fully saturated rings. The van der Waals surface area contributed by atoms with Gasteiger partial charge in [-0.05, 0) is 31.0 Å². The highest BCUT2D eigenvalue weighted by Gasteiger charge is 2.56. The van der Waals surface area contributed by atoms with Crippen LogP contribution in [0.15, 0.2) is 36.5 Å². The Bertz CT molecular complexity index is 949. The number of hydrogen-bond donors (Lipinski definition) is 3. The molecule has 1 atom stereocenters. The molecule has 2 aliphatic rings. The lowest BCUT2D eigenvalue weighted by Gasteiger charge is -2.36. The van der Waals surface area contributed by atoms with Gasteiger partial charge >= 0.3 is 6.03 Å². The average Bonchev–Trinajstić information content (AvgIpc) is 3.45. The molecule has 4 rings (SSSR count). The maximum Gasteiger partial charge on any atom is 0.323 e. The summed E-state index contributed by atoms with van der Waals surface area (Å²) in [5, 5.41) is 14.8. The van der Waals surface area contributed by atoms with E-state index in [2.05, 4.69) is 15.6 Å². The SMILES string of the molecule is O=C(CN1C(=O)Nc2cccnc2C12CC2)N[C@@H](CO)c1ccc(F)cc1F. The molecule has 9 heteroatoms. The summed E-state index contributed by atoms with van der Waals surface area (Å²) in [7, 11) is 0. The van der Waals surface area contributed by atoms with Crippen molar-refractivity contribution < 1.29 is 23.5 Å². The number of amides is 3. The quantitative estimate of drug-likeness (QED) is 0.731. The molecule has 28 heavy (non-hydrogen) atoms. The van der Waals surface area contributed by atoms with Gasteiger partial charge in [-0.15, -0.1) is 0 Å². The molecule has 0 radical (unpaired) electrons. The third-order valence-electron chi connectivity index (χ3n) is 5.13. The van der Waals surface area contributed by atoms with Crippen molar-refractivity contribution in [1.29, 1.82) is 0 Å². The summed E-state index contributed by atoms with van der Waals surface area (Å²) in [6.07, 6.45) is 3.01. The van der Waals surface area contributed by atoms with Gasteiger partial charge in [0, 0.05) is 17.8 Å². The number of anilines is 1. The fourth-order valence-corrected chi connectivity index (χ4v) is 3.62. The Hall–Kier alpha value is -3.07. The zero-order chi connectivity index (χ0) is 19.9. The predicted molar refractivity (Wildman–Crippen MR) is 95.2 cm³/mol. The fraction of sp³-hybridized carbons (Fsp3) is 0.316. The third-order valence-corrected chi connectivity index (χ3v) is 5.13. The number of hydrogen-bond acceptors (Lipinski definition) is 4. The molecule has 2 heterocycles. The minimum absolute atomic E-state index is 0.0338. The lowest BCUT2D eigenvalue weighted by Crippen LogP contribution is -2.52. The Morgan fingerprint density at radius 2 is 2.14 bits per heavy atom. The average molecular weight is 388 g/mol. The monoisotopic (exact) mass is 388 g/mol. The first-order chi connectivity index (χ1) is 13.4. The molecule has 0 saturated heterocycles. The first-order valence-corrected chi connectivity index (χ1v) is 8.84. The van der Waals surface area contributed by atoms with Crippen LogP contribution < -0.4 is 10.6 Å². The summed E-state index contributed by atoms with van der Waals surface area (Å²) in [6, 6.07) is 4.92. The Labute approximate surface area is 159 Å². The largest absolute Gasteiger partial charge is 0.394 e. The van der Waals surface area contributed by atoms with Crippen molar-refractivity contribution in [3.63, 3.8) is 0 Å². The molecule has 3 amide bonds. The Morgan fingerprint density at radius 3 is 2.82 bits per heavy atom. The van der Waals surface area contributed by atoms with E-state index in [-0.39, 0.29) is 12.1 Å². The van der Waals surface area contributed by atoms with Crippen LogP contribution in [0.4, 0.5) is 19.3 Å². The highest BCUT2D eigenvalue weighted by Crippen LogP contribution is 2.54. The number of nitrogens with zero attached hydrogens (tertiary/aromatic N) is 2. The highest BCUT2D eigenvalue weighted by molar-refractivity contribution is 5.96. The van der Waals surface area contributed by atoms with Gasteiger partial charge in [-0.3, -0.25) is 9.78 Å². The van der Waals surface area contributed by atoms with Gasteiger partial charge < -0.3 is 20.6 Å². The molecule has 1 aliphatic carbocycles. The van der Waals surface area contributed by atoms with Crippen LogP contribution in [-0.4, -0.2) is 40.1 Å². The van der Waals surface area contributed by atoms with Crippen LogP contribution >= 0.6 is 0 Å². The predicted octanol–water partition coefficient (Wildman–Crippen LogP) is 2.05. The number of fused-ring (bicyclic) bond motifs is 2. The normalized spacial score (nSPS) is 17.7. The van der Waals surface area contributed by atoms with Crippen LogP contribution in [0.5, 0.6) is 0 Å². The minimum Gasteiger partial charge on any atom is -0.394 e. The van der Waals surface area contributed by atoms with Crippen molar-refractivity contribution in [2.24, 2.45) is 0 Å². The molecule has 0 unspecified atom stereocenters. The van der Waals surface area contributed by atoms with E-state index in [9.17, 15) is 23.5 Å². The van der Waals surface area contributed by atoms with E-state index in [1.165, 1.54) is 11.0 Å². The third kappa shape index (κ3) is 3.07. The maximum atomic E-state index is 14.0. The van der Waals surface area contributed by atoms with Gasteiger partial charge in [-0.1, -0.05) is 6.07 Å². The zero-order valence-electron chi connectivity index (χ0n) is 14.8. The number of aliphatic hydroxyl groups is 1.